The minimum Gasteiger partial charge on any atom is -0.492 e. The molecule has 6 heteroatoms. The van der Waals surface area contributed by atoms with Crippen LogP contribution in [0.15, 0.2) is 30.3 Å². The summed E-state index contributed by atoms with van der Waals surface area (Å²) in [4.78, 5) is 29.3. The Bertz CT molecular complexity index is 680. The number of para-hydroxylation sites is 1. The van der Waals surface area contributed by atoms with Crippen LogP contribution in [0.5, 0.6) is 5.75 Å². The van der Waals surface area contributed by atoms with Crippen molar-refractivity contribution in [3.63, 3.8) is 0 Å². The molecule has 4 rings (SSSR count). The standard InChI is InChI=1S/C22H31N3O3/c26-20-17-23-22(25(20)15-16-28-19-9-5-2-6-10-19)11-13-24(14-12-22)21(27)18-7-3-1-4-8-18/h2,5-6,9-10,18,23H,1,3-4,7-8,11-17H2. The number of piperidine rings is 1. The fourth-order valence-electron chi connectivity index (χ4n) is 4.93. The molecule has 3 fully saturated rings. The first-order valence-corrected chi connectivity index (χ1v) is 10.7. The Balaban J connectivity index is 1.32. The van der Waals surface area contributed by atoms with E-state index in [-0.39, 0.29) is 17.5 Å². The smallest absolute Gasteiger partial charge is 0.238 e. The maximum absolute atomic E-state index is 12.8. The van der Waals surface area contributed by atoms with E-state index in [1.54, 1.807) is 0 Å². The summed E-state index contributed by atoms with van der Waals surface area (Å²) in [6.07, 6.45) is 7.29. The first kappa shape index (κ1) is 19.2. The molecule has 1 aliphatic carbocycles. The van der Waals surface area contributed by atoms with Crippen molar-refractivity contribution in [3.8, 4) is 5.75 Å². The van der Waals surface area contributed by atoms with Crippen molar-refractivity contribution in [2.45, 2.75) is 50.6 Å². The number of rotatable bonds is 5. The second-order valence-electron chi connectivity index (χ2n) is 8.25. The van der Waals surface area contributed by atoms with Gasteiger partial charge in [-0.2, -0.15) is 0 Å². The van der Waals surface area contributed by atoms with Gasteiger partial charge in [-0.3, -0.25) is 14.9 Å². The minimum absolute atomic E-state index is 0.128. The summed E-state index contributed by atoms with van der Waals surface area (Å²) in [6.45, 7) is 2.88. The monoisotopic (exact) mass is 385 g/mol. The van der Waals surface area contributed by atoms with E-state index in [1.165, 1.54) is 19.3 Å². The quantitative estimate of drug-likeness (QED) is 0.846. The Kier molecular flexibility index (Phi) is 5.85. The van der Waals surface area contributed by atoms with Crippen LogP contribution in [0.2, 0.25) is 0 Å². The molecule has 1 N–H and O–H groups in total. The predicted molar refractivity (Wildman–Crippen MR) is 107 cm³/mol. The number of amides is 2. The van der Waals surface area contributed by atoms with Gasteiger partial charge in [0, 0.05) is 31.8 Å². The van der Waals surface area contributed by atoms with E-state index >= 15 is 0 Å². The molecular weight excluding hydrogens is 354 g/mol. The highest BCUT2D eigenvalue weighted by molar-refractivity contribution is 5.82. The van der Waals surface area contributed by atoms with Gasteiger partial charge in [-0.25, -0.2) is 0 Å². The van der Waals surface area contributed by atoms with Crippen molar-refractivity contribution in [1.82, 2.24) is 15.1 Å². The van der Waals surface area contributed by atoms with Crippen molar-refractivity contribution in [3.05, 3.63) is 30.3 Å². The molecule has 6 nitrogen and oxygen atoms in total. The average molecular weight is 386 g/mol. The molecule has 2 aliphatic heterocycles. The SMILES string of the molecule is O=C(C1CCCCC1)N1CCC2(CC1)NCC(=O)N2CCOc1ccccc1. The molecule has 2 heterocycles. The van der Waals surface area contributed by atoms with Gasteiger partial charge in [-0.05, 0) is 25.0 Å². The van der Waals surface area contributed by atoms with Crippen LogP contribution in [0.4, 0.5) is 0 Å². The normalized spacial score (nSPS) is 22.6. The zero-order valence-corrected chi connectivity index (χ0v) is 16.6. The van der Waals surface area contributed by atoms with Crippen molar-refractivity contribution in [2.24, 2.45) is 5.92 Å². The van der Waals surface area contributed by atoms with Crippen LogP contribution in [0.1, 0.15) is 44.9 Å². The van der Waals surface area contributed by atoms with Crippen molar-refractivity contribution < 1.29 is 14.3 Å². The van der Waals surface area contributed by atoms with Gasteiger partial charge in [0.1, 0.15) is 12.4 Å². The van der Waals surface area contributed by atoms with Gasteiger partial charge in [0.15, 0.2) is 0 Å². The van der Waals surface area contributed by atoms with Crippen LogP contribution in [0.25, 0.3) is 0 Å². The van der Waals surface area contributed by atoms with E-state index in [4.69, 9.17) is 4.74 Å². The molecule has 2 saturated heterocycles. The first-order valence-electron chi connectivity index (χ1n) is 10.7. The minimum atomic E-state index is -0.319. The first-order chi connectivity index (χ1) is 13.7. The van der Waals surface area contributed by atoms with Crippen LogP contribution in [0.3, 0.4) is 0 Å². The van der Waals surface area contributed by atoms with Gasteiger partial charge in [0.25, 0.3) is 0 Å². The summed E-state index contributed by atoms with van der Waals surface area (Å²) in [7, 11) is 0. The summed E-state index contributed by atoms with van der Waals surface area (Å²) in [6, 6.07) is 9.69. The van der Waals surface area contributed by atoms with Gasteiger partial charge < -0.3 is 14.5 Å². The molecular formula is C22H31N3O3. The number of nitrogens with one attached hydrogen (secondary N) is 1. The molecule has 1 aromatic rings. The van der Waals surface area contributed by atoms with Gasteiger partial charge in [-0.15, -0.1) is 0 Å². The highest BCUT2D eigenvalue weighted by Crippen LogP contribution is 2.32. The number of ether oxygens (including phenoxy) is 1. The number of hydrogen-bond donors (Lipinski definition) is 1. The maximum Gasteiger partial charge on any atom is 0.238 e. The van der Waals surface area contributed by atoms with E-state index < -0.39 is 0 Å². The van der Waals surface area contributed by atoms with Crippen LogP contribution in [0, 0.1) is 5.92 Å². The van der Waals surface area contributed by atoms with Crippen molar-refractivity contribution >= 4 is 11.8 Å². The lowest BCUT2D eigenvalue weighted by atomic mass is 9.87. The van der Waals surface area contributed by atoms with Gasteiger partial charge >= 0.3 is 0 Å². The molecule has 0 radical (unpaired) electrons. The molecule has 2 amide bonds. The van der Waals surface area contributed by atoms with E-state index in [2.05, 4.69) is 5.32 Å². The molecule has 1 aromatic carbocycles. The molecule has 152 valence electrons. The predicted octanol–water partition coefficient (Wildman–Crippen LogP) is 2.40. The zero-order chi connectivity index (χ0) is 19.4. The highest BCUT2D eigenvalue weighted by Gasteiger charge is 2.47. The molecule has 0 aromatic heterocycles. The van der Waals surface area contributed by atoms with E-state index in [9.17, 15) is 9.59 Å². The summed E-state index contributed by atoms with van der Waals surface area (Å²) in [5.41, 5.74) is -0.319. The van der Waals surface area contributed by atoms with Gasteiger partial charge in [0.05, 0.1) is 18.8 Å². The molecule has 0 atom stereocenters. The Morgan fingerprint density at radius 3 is 2.54 bits per heavy atom. The molecule has 0 unspecified atom stereocenters. The average Bonchev–Trinajstić information content (AvgIpc) is 3.05. The topological polar surface area (TPSA) is 61.9 Å². The largest absolute Gasteiger partial charge is 0.492 e. The van der Waals surface area contributed by atoms with Crippen LogP contribution in [-0.4, -0.2) is 60.1 Å². The van der Waals surface area contributed by atoms with Gasteiger partial charge in [-0.1, -0.05) is 37.5 Å². The highest BCUT2D eigenvalue weighted by atomic mass is 16.5. The van der Waals surface area contributed by atoms with Crippen molar-refractivity contribution in [2.75, 3.05) is 32.8 Å². The fraction of sp³-hybridized carbons (Fsp3) is 0.636. The third kappa shape index (κ3) is 4.02. The molecule has 1 saturated carbocycles. The molecule has 0 bridgehead atoms. The number of carbonyl (C=O) groups is 2. The summed E-state index contributed by atoms with van der Waals surface area (Å²) in [5.74, 6) is 1.50. The lowest BCUT2D eigenvalue weighted by Gasteiger charge is -2.45. The summed E-state index contributed by atoms with van der Waals surface area (Å²) >= 11 is 0. The Morgan fingerprint density at radius 2 is 1.82 bits per heavy atom. The number of carbonyl (C=O) groups excluding carboxylic acids is 2. The van der Waals surface area contributed by atoms with E-state index in [0.717, 1.165) is 44.5 Å². The third-order valence-corrected chi connectivity index (χ3v) is 6.57. The Labute approximate surface area is 167 Å². The second kappa shape index (κ2) is 8.52. The van der Waals surface area contributed by atoms with Crippen LogP contribution < -0.4 is 10.1 Å². The zero-order valence-electron chi connectivity index (χ0n) is 16.6. The number of hydrogen-bond acceptors (Lipinski definition) is 4. The second-order valence-corrected chi connectivity index (χ2v) is 8.25. The Hall–Kier alpha value is -2.08. The lowest BCUT2D eigenvalue weighted by molar-refractivity contribution is -0.141. The molecule has 28 heavy (non-hydrogen) atoms. The lowest BCUT2D eigenvalue weighted by Crippen LogP contribution is -2.60. The van der Waals surface area contributed by atoms with Crippen LogP contribution >= 0.6 is 0 Å². The summed E-state index contributed by atoms with van der Waals surface area (Å²) < 4.78 is 5.80. The molecule has 3 aliphatic rings. The van der Waals surface area contributed by atoms with E-state index in [0.29, 0.717) is 25.6 Å². The number of benzene rings is 1. The maximum atomic E-state index is 12.8. The third-order valence-electron chi connectivity index (χ3n) is 6.57. The van der Waals surface area contributed by atoms with Gasteiger partial charge in [0.2, 0.25) is 11.8 Å². The van der Waals surface area contributed by atoms with Crippen LogP contribution in [-0.2, 0) is 9.59 Å². The summed E-state index contributed by atoms with van der Waals surface area (Å²) in [5, 5.41) is 3.44. The fourth-order valence-corrected chi connectivity index (χ4v) is 4.93. The Morgan fingerprint density at radius 1 is 1.11 bits per heavy atom. The van der Waals surface area contributed by atoms with E-state index in [1.807, 2.05) is 40.1 Å². The number of likely N-dealkylation sites (tertiary alicyclic amines) is 1. The van der Waals surface area contributed by atoms with Crippen molar-refractivity contribution in [1.29, 1.82) is 0 Å². The molecule has 1 spiro atoms. The number of nitrogens with zero attached hydrogens (tertiary/aromatic N) is 2.